The lowest BCUT2D eigenvalue weighted by Crippen LogP contribution is -2.21. The van der Waals surface area contributed by atoms with E-state index in [0.29, 0.717) is 11.7 Å². The Kier molecular flexibility index (Phi) is 4.30. The zero-order chi connectivity index (χ0) is 8.81. The summed E-state index contributed by atoms with van der Waals surface area (Å²) in [4.78, 5) is 11.5. The van der Waals surface area contributed by atoms with Crippen LogP contribution in [0, 0.1) is 5.92 Å². The highest BCUT2D eigenvalue weighted by atomic mass is 16.1. The number of carbonyl (C=O) groups is 1. The van der Waals surface area contributed by atoms with Gasteiger partial charge in [0.1, 0.15) is 5.78 Å². The van der Waals surface area contributed by atoms with Gasteiger partial charge in [-0.3, -0.25) is 4.79 Å². The summed E-state index contributed by atoms with van der Waals surface area (Å²) >= 11 is 0. The van der Waals surface area contributed by atoms with Gasteiger partial charge in [0.15, 0.2) is 0 Å². The predicted molar refractivity (Wildman–Crippen MR) is 50.1 cm³/mol. The van der Waals surface area contributed by atoms with Crippen molar-refractivity contribution in [1.82, 2.24) is 5.32 Å². The lowest BCUT2D eigenvalue weighted by atomic mass is 9.85. The minimum atomic E-state index is 0.395. The van der Waals surface area contributed by atoms with E-state index in [9.17, 15) is 4.79 Å². The fraction of sp³-hybridized carbons (Fsp3) is 0.900. The molecule has 0 aliphatic heterocycles. The predicted octanol–water partition coefficient (Wildman–Crippen LogP) is 1.75. The maximum Gasteiger partial charge on any atom is 0.137 e. The van der Waals surface area contributed by atoms with Gasteiger partial charge in [0.25, 0.3) is 0 Å². The molecule has 2 nitrogen and oxygen atoms in total. The third kappa shape index (κ3) is 2.94. The Hall–Kier alpha value is -0.370. The average molecular weight is 169 g/mol. The Morgan fingerprint density at radius 2 is 2.00 bits per heavy atom. The average Bonchev–Trinajstić information content (AvgIpc) is 2.15. The van der Waals surface area contributed by atoms with Crippen molar-refractivity contribution >= 4 is 5.78 Å². The van der Waals surface area contributed by atoms with Gasteiger partial charge in [0.05, 0.1) is 0 Å². The fourth-order valence-corrected chi connectivity index (χ4v) is 1.88. The Morgan fingerprint density at radius 1 is 1.33 bits per heavy atom. The van der Waals surface area contributed by atoms with Crippen LogP contribution < -0.4 is 5.32 Å². The van der Waals surface area contributed by atoms with Crippen LogP contribution >= 0.6 is 0 Å². The molecule has 0 aromatic carbocycles. The number of hydrogen-bond acceptors (Lipinski definition) is 2. The van der Waals surface area contributed by atoms with Crippen molar-refractivity contribution in [2.24, 2.45) is 5.92 Å². The van der Waals surface area contributed by atoms with Crippen LogP contribution in [0.25, 0.3) is 0 Å². The van der Waals surface area contributed by atoms with E-state index in [4.69, 9.17) is 0 Å². The third-order valence-corrected chi connectivity index (χ3v) is 2.68. The second-order valence-electron chi connectivity index (χ2n) is 3.65. The summed E-state index contributed by atoms with van der Waals surface area (Å²) in [6, 6.07) is 0. The number of carbonyl (C=O) groups excluding carboxylic acids is 1. The van der Waals surface area contributed by atoms with Gasteiger partial charge in [0, 0.05) is 18.9 Å². The number of Topliss-reactive ketones (excluding diaryl/α,β-unsaturated/α-hetero) is 1. The van der Waals surface area contributed by atoms with Crippen LogP contribution in [0.5, 0.6) is 0 Å². The molecule has 1 aliphatic carbocycles. The molecule has 0 unspecified atom stereocenters. The topological polar surface area (TPSA) is 29.1 Å². The van der Waals surface area contributed by atoms with Crippen LogP contribution in [0.2, 0.25) is 0 Å². The van der Waals surface area contributed by atoms with Crippen molar-refractivity contribution < 1.29 is 4.79 Å². The first-order valence-electron chi connectivity index (χ1n) is 5.02. The molecule has 1 rings (SSSR count). The minimum absolute atomic E-state index is 0.395. The van der Waals surface area contributed by atoms with Crippen molar-refractivity contribution in [1.29, 1.82) is 0 Å². The van der Waals surface area contributed by atoms with Crippen molar-refractivity contribution in [2.75, 3.05) is 13.6 Å². The molecule has 1 saturated carbocycles. The van der Waals surface area contributed by atoms with E-state index >= 15 is 0 Å². The first kappa shape index (κ1) is 9.72. The Bertz CT molecular complexity index is 139. The molecule has 1 N–H and O–H groups in total. The number of rotatable bonds is 4. The monoisotopic (exact) mass is 169 g/mol. The molecule has 0 aromatic heterocycles. The molecule has 12 heavy (non-hydrogen) atoms. The standard InChI is InChI=1S/C10H19NO/c1-11-8-7-10(12)9-5-3-2-4-6-9/h9,11H,2-8H2,1H3. The van der Waals surface area contributed by atoms with Gasteiger partial charge in [-0.05, 0) is 19.9 Å². The Balaban J connectivity index is 2.20. The molecule has 0 amide bonds. The first-order chi connectivity index (χ1) is 5.84. The van der Waals surface area contributed by atoms with E-state index in [1.54, 1.807) is 0 Å². The van der Waals surface area contributed by atoms with Gasteiger partial charge in [-0.25, -0.2) is 0 Å². The van der Waals surface area contributed by atoms with Crippen LogP contribution in [-0.4, -0.2) is 19.4 Å². The molecule has 0 spiro atoms. The highest BCUT2D eigenvalue weighted by Gasteiger charge is 2.19. The van der Waals surface area contributed by atoms with E-state index in [2.05, 4.69) is 5.32 Å². The van der Waals surface area contributed by atoms with Crippen LogP contribution in [0.3, 0.4) is 0 Å². The summed E-state index contributed by atoms with van der Waals surface area (Å²) in [5, 5.41) is 3.02. The summed E-state index contributed by atoms with van der Waals surface area (Å²) in [5.74, 6) is 0.871. The van der Waals surface area contributed by atoms with Crippen LogP contribution in [-0.2, 0) is 4.79 Å². The molecular weight excluding hydrogens is 150 g/mol. The normalized spacial score (nSPS) is 19.4. The fourth-order valence-electron chi connectivity index (χ4n) is 1.88. The molecule has 2 heteroatoms. The second kappa shape index (κ2) is 5.31. The number of nitrogens with one attached hydrogen (secondary N) is 1. The van der Waals surface area contributed by atoms with Gasteiger partial charge < -0.3 is 5.32 Å². The van der Waals surface area contributed by atoms with E-state index in [1.165, 1.54) is 19.3 Å². The van der Waals surface area contributed by atoms with Crippen LogP contribution in [0.4, 0.5) is 0 Å². The van der Waals surface area contributed by atoms with Crippen LogP contribution in [0.1, 0.15) is 38.5 Å². The summed E-state index contributed by atoms with van der Waals surface area (Å²) in [7, 11) is 1.90. The van der Waals surface area contributed by atoms with E-state index in [-0.39, 0.29) is 0 Å². The van der Waals surface area contributed by atoms with Crippen molar-refractivity contribution in [3.8, 4) is 0 Å². The van der Waals surface area contributed by atoms with Crippen LogP contribution in [0.15, 0.2) is 0 Å². The van der Waals surface area contributed by atoms with Gasteiger partial charge in [-0.15, -0.1) is 0 Å². The largest absolute Gasteiger partial charge is 0.319 e. The first-order valence-corrected chi connectivity index (χ1v) is 5.02. The molecule has 0 heterocycles. The highest BCUT2D eigenvalue weighted by molar-refractivity contribution is 5.81. The molecule has 0 bridgehead atoms. The lowest BCUT2D eigenvalue weighted by molar-refractivity contribution is -0.123. The zero-order valence-corrected chi connectivity index (χ0v) is 7.94. The molecule has 0 radical (unpaired) electrons. The van der Waals surface area contributed by atoms with E-state index in [1.807, 2.05) is 7.05 Å². The SMILES string of the molecule is CNCCC(=O)C1CCCCC1. The molecule has 1 aliphatic rings. The minimum Gasteiger partial charge on any atom is -0.319 e. The molecule has 0 atom stereocenters. The van der Waals surface area contributed by atoms with Crippen molar-refractivity contribution in [3.63, 3.8) is 0 Å². The van der Waals surface area contributed by atoms with Crippen molar-refractivity contribution in [3.05, 3.63) is 0 Å². The van der Waals surface area contributed by atoms with Gasteiger partial charge in [-0.2, -0.15) is 0 Å². The van der Waals surface area contributed by atoms with Crippen molar-refractivity contribution in [2.45, 2.75) is 38.5 Å². The van der Waals surface area contributed by atoms with E-state index < -0.39 is 0 Å². The summed E-state index contributed by atoms with van der Waals surface area (Å²) in [6.07, 6.45) is 6.86. The van der Waals surface area contributed by atoms with E-state index in [0.717, 1.165) is 25.8 Å². The molecule has 70 valence electrons. The molecule has 1 fully saturated rings. The zero-order valence-electron chi connectivity index (χ0n) is 7.94. The second-order valence-corrected chi connectivity index (χ2v) is 3.65. The summed E-state index contributed by atoms with van der Waals surface area (Å²) in [6.45, 7) is 0.843. The van der Waals surface area contributed by atoms with Gasteiger partial charge >= 0.3 is 0 Å². The molecule has 0 aromatic rings. The summed E-state index contributed by atoms with van der Waals surface area (Å²) in [5.41, 5.74) is 0. The maximum atomic E-state index is 11.5. The highest BCUT2D eigenvalue weighted by Crippen LogP contribution is 2.24. The smallest absolute Gasteiger partial charge is 0.137 e. The number of ketones is 1. The molecular formula is C10H19NO. The van der Waals surface area contributed by atoms with Gasteiger partial charge in [-0.1, -0.05) is 19.3 Å². The maximum absolute atomic E-state index is 11.5. The Morgan fingerprint density at radius 3 is 2.58 bits per heavy atom. The Labute approximate surface area is 74.7 Å². The number of hydrogen-bond donors (Lipinski definition) is 1. The third-order valence-electron chi connectivity index (χ3n) is 2.68. The molecule has 0 saturated heterocycles. The van der Waals surface area contributed by atoms with Gasteiger partial charge in [0.2, 0.25) is 0 Å². The summed E-state index contributed by atoms with van der Waals surface area (Å²) < 4.78 is 0. The lowest BCUT2D eigenvalue weighted by Gasteiger charge is -2.19. The quantitative estimate of drug-likeness (QED) is 0.694.